The first-order valence-electron chi connectivity index (χ1n) is 4.02. The molecule has 0 atom stereocenters. The van der Waals surface area contributed by atoms with Crippen LogP contribution in [0.15, 0.2) is 0 Å². The molecule has 0 saturated heterocycles. The molecule has 0 radical (unpaired) electrons. The van der Waals surface area contributed by atoms with Gasteiger partial charge in [-0.25, -0.2) is 0 Å². The lowest BCUT2D eigenvalue weighted by Gasteiger charge is -1.95. The highest BCUT2D eigenvalue weighted by Gasteiger charge is 1.76. The van der Waals surface area contributed by atoms with Gasteiger partial charge in [-0.15, -0.1) is 0 Å². The molecule has 0 aliphatic carbocycles. The van der Waals surface area contributed by atoms with Crippen LogP contribution in [-0.4, -0.2) is 37.5 Å². The van der Waals surface area contributed by atoms with E-state index in [9.17, 15) is 0 Å². The quantitative estimate of drug-likeness (QED) is 0.535. The van der Waals surface area contributed by atoms with Crippen LogP contribution >= 0.6 is 0 Å². The second-order valence-electron chi connectivity index (χ2n) is 1.75. The fourth-order valence-electron chi connectivity index (χ4n) is 0.479. The molecule has 3 heteroatoms. The van der Waals surface area contributed by atoms with Gasteiger partial charge in [-0.2, -0.15) is 0 Å². The summed E-state index contributed by atoms with van der Waals surface area (Å²) in [7, 11) is 2.00. The summed E-state index contributed by atoms with van der Waals surface area (Å²) in [6.45, 7) is 6.72. The number of rotatable bonds is 4. The Morgan fingerprint density at radius 3 is 1.27 bits per heavy atom. The zero-order chi connectivity index (χ0) is 9.54. The first kappa shape index (κ1) is 17.1. The summed E-state index contributed by atoms with van der Waals surface area (Å²) in [6.07, 6.45) is 2.50. The maximum Gasteiger partial charge on any atom is 0.0319 e. The van der Waals surface area contributed by atoms with Crippen molar-refractivity contribution in [2.45, 2.75) is 26.7 Å². The van der Waals surface area contributed by atoms with Gasteiger partial charge in [0.15, 0.2) is 0 Å². The number of aliphatic hydroxyl groups is 2. The maximum atomic E-state index is 7.00. The molecule has 0 aromatic rings. The molecule has 0 aromatic heterocycles. The molecule has 0 rings (SSSR count). The summed E-state index contributed by atoms with van der Waals surface area (Å²) >= 11 is 0. The van der Waals surface area contributed by atoms with Gasteiger partial charge in [0.25, 0.3) is 0 Å². The van der Waals surface area contributed by atoms with Gasteiger partial charge in [0.05, 0.1) is 0 Å². The topological polar surface area (TPSA) is 52.5 Å². The van der Waals surface area contributed by atoms with Gasteiger partial charge in [-0.05, 0) is 25.9 Å². The van der Waals surface area contributed by atoms with Crippen LogP contribution in [0, 0.1) is 0 Å². The zero-order valence-corrected chi connectivity index (χ0v) is 8.22. The van der Waals surface area contributed by atoms with Crippen LogP contribution in [0.3, 0.4) is 0 Å². The van der Waals surface area contributed by atoms with E-state index in [1.807, 2.05) is 0 Å². The Hall–Kier alpha value is -0.120. The van der Waals surface area contributed by atoms with Gasteiger partial charge in [0, 0.05) is 14.2 Å². The molecule has 0 bridgehead atoms. The SMILES string of the molecule is CCCNCCC.CO.CO. The van der Waals surface area contributed by atoms with Crippen molar-refractivity contribution >= 4 is 0 Å². The third kappa shape index (κ3) is 40.8. The molecule has 0 aliphatic rings. The Labute approximate surface area is 70.4 Å². The van der Waals surface area contributed by atoms with Gasteiger partial charge in [0.2, 0.25) is 0 Å². The second-order valence-corrected chi connectivity index (χ2v) is 1.75. The molecule has 0 heterocycles. The lowest BCUT2D eigenvalue weighted by Crippen LogP contribution is -2.14. The molecular formula is C8H23NO2. The highest BCUT2D eigenvalue weighted by Crippen LogP contribution is 1.71. The third-order valence-electron chi connectivity index (χ3n) is 0.854. The first-order chi connectivity index (χ1) is 5.41. The number of hydrogen-bond acceptors (Lipinski definition) is 3. The van der Waals surface area contributed by atoms with E-state index in [0.29, 0.717) is 0 Å². The molecule has 72 valence electrons. The van der Waals surface area contributed by atoms with Crippen LogP contribution in [0.1, 0.15) is 26.7 Å². The number of aliphatic hydroxyl groups excluding tert-OH is 2. The Kier molecular flexibility index (Phi) is 50.9. The maximum absolute atomic E-state index is 7.00. The normalized spacial score (nSPS) is 7.09. The summed E-state index contributed by atoms with van der Waals surface area (Å²) in [6, 6.07) is 0. The van der Waals surface area contributed by atoms with Crippen molar-refractivity contribution in [1.82, 2.24) is 5.32 Å². The van der Waals surface area contributed by atoms with Gasteiger partial charge >= 0.3 is 0 Å². The predicted molar refractivity (Wildman–Crippen MR) is 49.7 cm³/mol. The van der Waals surface area contributed by atoms with Crippen LogP contribution in [0.5, 0.6) is 0 Å². The summed E-state index contributed by atoms with van der Waals surface area (Å²) in [5.74, 6) is 0. The van der Waals surface area contributed by atoms with Gasteiger partial charge < -0.3 is 15.5 Å². The van der Waals surface area contributed by atoms with E-state index in [-0.39, 0.29) is 0 Å². The molecule has 3 nitrogen and oxygen atoms in total. The fraction of sp³-hybridized carbons (Fsp3) is 1.00. The Balaban J connectivity index is -0.000000138. The van der Waals surface area contributed by atoms with E-state index in [2.05, 4.69) is 19.2 Å². The number of hydrogen-bond donors (Lipinski definition) is 3. The number of nitrogens with one attached hydrogen (secondary N) is 1. The molecule has 0 aliphatic heterocycles. The van der Waals surface area contributed by atoms with Crippen LogP contribution < -0.4 is 5.32 Å². The molecule has 0 saturated carbocycles. The molecular weight excluding hydrogens is 142 g/mol. The molecule has 0 spiro atoms. The van der Waals surface area contributed by atoms with E-state index in [1.54, 1.807) is 0 Å². The van der Waals surface area contributed by atoms with Gasteiger partial charge in [-0.3, -0.25) is 0 Å². The molecule has 0 amide bonds. The van der Waals surface area contributed by atoms with Crippen LogP contribution in [0.25, 0.3) is 0 Å². The highest BCUT2D eigenvalue weighted by molar-refractivity contribution is 4.39. The average molecular weight is 165 g/mol. The van der Waals surface area contributed by atoms with Crippen molar-refractivity contribution in [2.24, 2.45) is 0 Å². The minimum Gasteiger partial charge on any atom is -0.400 e. The van der Waals surface area contributed by atoms with Crippen LogP contribution in [0.4, 0.5) is 0 Å². The average Bonchev–Trinajstić information content (AvgIpc) is 2.13. The summed E-state index contributed by atoms with van der Waals surface area (Å²) in [4.78, 5) is 0. The lowest BCUT2D eigenvalue weighted by atomic mass is 10.4. The van der Waals surface area contributed by atoms with E-state index in [0.717, 1.165) is 14.2 Å². The standard InChI is InChI=1S/C6H15N.2CH4O/c1-3-5-7-6-4-2;2*1-2/h7H,3-6H2,1-2H3;2*2H,1H3. The minimum atomic E-state index is 1.00. The van der Waals surface area contributed by atoms with Crippen molar-refractivity contribution in [3.63, 3.8) is 0 Å². The first-order valence-corrected chi connectivity index (χ1v) is 4.02. The summed E-state index contributed by atoms with van der Waals surface area (Å²) in [5.41, 5.74) is 0. The van der Waals surface area contributed by atoms with Crippen molar-refractivity contribution < 1.29 is 10.2 Å². The largest absolute Gasteiger partial charge is 0.400 e. The van der Waals surface area contributed by atoms with Gasteiger partial charge in [0.1, 0.15) is 0 Å². The van der Waals surface area contributed by atoms with Crippen LogP contribution in [0.2, 0.25) is 0 Å². The Morgan fingerprint density at radius 1 is 0.818 bits per heavy atom. The van der Waals surface area contributed by atoms with Gasteiger partial charge in [-0.1, -0.05) is 13.8 Å². The van der Waals surface area contributed by atoms with Crippen molar-refractivity contribution in [3.05, 3.63) is 0 Å². The monoisotopic (exact) mass is 165 g/mol. The van der Waals surface area contributed by atoms with E-state index in [1.165, 1.54) is 25.9 Å². The second kappa shape index (κ2) is 32.7. The third-order valence-corrected chi connectivity index (χ3v) is 0.854. The molecule has 11 heavy (non-hydrogen) atoms. The molecule has 3 N–H and O–H groups in total. The molecule has 0 fully saturated rings. The van der Waals surface area contributed by atoms with E-state index >= 15 is 0 Å². The summed E-state index contributed by atoms with van der Waals surface area (Å²) in [5, 5.41) is 17.3. The molecule has 0 aromatic carbocycles. The smallest absolute Gasteiger partial charge is 0.0319 e. The zero-order valence-electron chi connectivity index (χ0n) is 8.22. The molecule has 0 unspecified atom stereocenters. The van der Waals surface area contributed by atoms with Crippen molar-refractivity contribution in [3.8, 4) is 0 Å². The lowest BCUT2D eigenvalue weighted by molar-refractivity contribution is 0.399. The van der Waals surface area contributed by atoms with Crippen molar-refractivity contribution in [1.29, 1.82) is 0 Å². The van der Waals surface area contributed by atoms with E-state index < -0.39 is 0 Å². The van der Waals surface area contributed by atoms with Crippen LogP contribution in [-0.2, 0) is 0 Å². The predicted octanol–water partition coefficient (Wildman–Crippen LogP) is 0.613. The summed E-state index contributed by atoms with van der Waals surface area (Å²) < 4.78 is 0. The van der Waals surface area contributed by atoms with Crippen molar-refractivity contribution in [2.75, 3.05) is 27.3 Å². The fourth-order valence-corrected chi connectivity index (χ4v) is 0.479. The van der Waals surface area contributed by atoms with E-state index in [4.69, 9.17) is 10.2 Å². The highest BCUT2D eigenvalue weighted by atomic mass is 16.2. The Bertz CT molecular complexity index is 31.3. The minimum absolute atomic E-state index is 1.00. The Morgan fingerprint density at radius 2 is 1.09 bits per heavy atom.